The molecule has 0 atom stereocenters. The fourth-order valence-electron chi connectivity index (χ4n) is 2.12. The van der Waals surface area contributed by atoms with Gasteiger partial charge in [-0.05, 0) is 6.42 Å². The third-order valence-electron chi connectivity index (χ3n) is 2.98. The van der Waals surface area contributed by atoms with Crippen LogP contribution in [0.1, 0.15) is 23.7 Å². The van der Waals surface area contributed by atoms with Gasteiger partial charge in [0.2, 0.25) is 5.43 Å². The number of fused-ring (bicyclic) bond motifs is 1. The Bertz CT molecular complexity index is 769. The number of aryl methyl sites for hydroxylation is 1. The molecule has 0 unspecified atom stereocenters. The van der Waals surface area contributed by atoms with Gasteiger partial charge in [0.05, 0.1) is 16.6 Å². The van der Waals surface area contributed by atoms with Crippen molar-refractivity contribution in [3.05, 3.63) is 39.7 Å². The lowest BCUT2D eigenvalue weighted by molar-refractivity contribution is 0.0694. The van der Waals surface area contributed by atoms with Gasteiger partial charge in [0, 0.05) is 18.8 Å². The number of hydrogen-bond acceptors (Lipinski definition) is 3. The number of carboxylic acid groups (broad SMARTS) is 1. The highest BCUT2D eigenvalue weighted by atomic mass is 19.1. The number of nitrogen functional groups attached to an aromatic ring is 1. The van der Waals surface area contributed by atoms with Crippen LogP contribution in [0.25, 0.3) is 10.9 Å². The number of aromatic nitrogens is 1. The minimum Gasteiger partial charge on any atom is -0.477 e. The van der Waals surface area contributed by atoms with Crippen molar-refractivity contribution < 1.29 is 18.7 Å². The molecule has 0 radical (unpaired) electrons. The molecule has 2 aromatic rings. The number of nitrogens with two attached hydrogens (primary N) is 1. The molecular formula is C13H12F2N2O3. The van der Waals surface area contributed by atoms with Crippen LogP contribution in [0.5, 0.6) is 0 Å². The van der Waals surface area contributed by atoms with E-state index in [1.165, 1.54) is 4.57 Å². The van der Waals surface area contributed by atoms with Gasteiger partial charge < -0.3 is 15.4 Å². The fraction of sp³-hybridized carbons (Fsp3) is 0.231. The summed E-state index contributed by atoms with van der Waals surface area (Å²) in [6.07, 6.45) is 1.63. The second-order valence-electron chi connectivity index (χ2n) is 4.35. The first-order valence-electron chi connectivity index (χ1n) is 5.92. The average molecular weight is 282 g/mol. The molecule has 20 heavy (non-hydrogen) atoms. The Hall–Kier alpha value is -2.44. The second-order valence-corrected chi connectivity index (χ2v) is 4.35. The first kappa shape index (κ1) is 14.0. The molecule has 3 N–H and O–H groups in total. The summed E-state index contributed by atoms with van der Waals surface area (Å²) in [5, 5.41) is 8.57. The number of aromatic carboxylic acids is 1. The Balaban J connectivity index is 3.06. The number of benzene rings is 1. The highest BCUT2D eigenvalue weighted by Crippen LogP contribution is 2.25. The van der Waals surface area contributed by atoms with Gasteiger partial charge in [0.25, 0.3) is 0 Å². The largest absolute Gasteiger partial charge is 0.477 e. The highest BCUT2D eigenvalue weighted by molar-refractivity contribution is 5.97. The molecule has 0 aliphatic heterocycles. The van der Waals surface area contributed by atoms with Crippen LogP contribution in [0.4, 0.5) is 14.5 Å². The number of rotatable bonds is 3. The molecule has 1 aromatic heterocycles. The van der Waals surface area contributed by atoms with E-state index in [0.29, 0.717) is 12.5 Å². The Labute approximate surface area is 112 Å². The van der Waals surface area contributed by atoms with Crippen LogP contribution in [0, 0.1) is 11.6 Å². The summed E-state index contributed by atoms with van der Waals surface area (Å²) >= 11 is 0. The number of halogens is 2. The van der Waals surface area contributed by atoms with Crippen molar-refractivity contribution in [2.75, 3.05) is 5.73 Å². The summed E-state index contributed by atoms with van der Waals surface area (Å²) in [6, 6.07) is 0.587. The first-order chi connectivity index (χ1) is 9.38. The van der Waals surface area contributed by atoms with Gasteiger partial charge in [0.1, 0.15) is 11.4 Å². The number of carbonyl (C=O) groups is 1. The molecule has 0 aliphatic rings. The molecule has 0 fully saturated rings. The van der Waals surface area contributed by atoms with Crippen molar-refractivity contribution in [2.24, 2.45) is 0 Å². The molecule has 0 saturated heterocycles. The first-order valence-corrected chi connectivity index (χ1v) is 5.92. The second kappa shape index (κ2) is 4.92. The van der Waals surface area contributed by atoms with Crippen LogP contribution in [-0.4, -0.2) is 15.6 Å². The van der Waals surface area contributed by atoms with E-state index in [2.05, 4.69) is 0 Å². The molecule has 7 heteroatoms. The van der Waals surface area contributed by atoms with Crippen molar-refractivity contribution in [1.29, 1.82) is 0 Å². The van der Waals surface area contributed by atoms with Crippen molar-refractivity contribution in [1.82, 2.24) is 4.57 Å². The van der Waals surface area contributed by atoms with Gasteiger partial charge in [-0.2, -0.15) is 0 Å². The third-order valence-corrected chi connectivity index (χ3v) is 2.98. The van der Waals surface area contributed by atoms with Crippen molar-refractivity contribution in [3.8, 4) is 0 Å². The maximum Gasteiger partial charge on any atom is 0.341 e. The zero-order chi connectivity index (χ0) is 15.0. The highest BCUT2D eigenvalue weighted by Gasteiger charge is 2.20. The standard InChI is InChI=1S/C13H12F2N2O3/c1-2-3-17-5-6(13(19)20)12(18)9-10(16)7(14)4-8(15)11(9)17/h4-5H,2-3,16H2,1H3,(H,19,20). The van der Waals surface area contributed by atoms with E-state index >= 15 is 0 Å². The van der Waals surface area contributed by atoms with Crippen LogP contribution < -0.4 is 11.2 Å². The van der Waals surface area contributed by atoms with Crippen molar-refractivity contribution in [2.45, 2.75) is 19.9 Å². The minimum atomic E-state index is -1.47. The van der Waals surface area contributed by atoms with Crippen LogP contribution in [0.15, 0.2) is 17.1 Å². The number of nitrogens with zero attached hydrogens (tertiary/aromatic N) is 1. The van der Waals surface area contributed by atoms with E-state index in [1.807, 2.05) is 0 Å². The molecule has 0 spiro atoms. The molecule has 0 saturated carbocycles. The predicted molar refractivity (Wildman–Crippen MR) is 69.8 cm³/mol. The molecule has 1 heterocycles. The van der Waals surface area contributed by atoms with E-state index < -0.39 is 39.7 Å². The van der Waals surface area contributed by atoms with Crippen molar-refractivity contribution >= 4 is 22.6 Å². The van der Waals surface area contributed by atoms with Gasteiger partial charge in [0.15, 0.2) is 5.82 Å². The molecular weight excluding hydrogens is 270 g/mol. The lowest BCUT2D eigenvalue weighted by Gasteiger charge is -2.13. The van der Waals surface area contributed by atoms with E-state index in [9.17, 15) is 18.4 Å². The van der Waals surface area contributed by atoms with Gasteiger partial charge in [-0.25, -0.2) is 13.6 Å². The summed E-state index contributed by atoms with van der Waals surface area (Å²) < 4.78 is 28.7. The Morgan fingerprint density at radius 2 is 2.05 bits per heavy atom. The fourth-order valence-corrected chi connectivity index (χ4v) is 2.12. The van der Waals surface area contributed by atoms with Gasteiger partial charge in [-0.3, -0.25) is 4.79 Å². The smallest absolute Gasteiger partial charge is 0.341 e. The molecule has 0 amide bonds. The summed E-state index contributed by atoms with van der Waals surface area (Å²) in [5.41, 5.74) is 3.19. The summed E-state index contributed by atoms with van der Waals surface area (Å²) in [6.45, 7) is 2.08. The topological polar surface area (TPSA) is 85.3 Å². The Morgan fingerprint density at radius 1 is 1.40 bits per heavy atom. The number of carboxylic acids is 1. The van der Waals surface area contributed by atoms with E-state index in [4.69, 9.17) is 10.8 Å². The zero-order valence-corrected chi connectivity index (χ0v) is 10.6. The maximum atomic E-state index is 13.9. The normalized spacial score (nSPS) is 10.9. The summed E-state index contributed by atoms with van der Waals surface area (Å²) in [4.78, 5) is 23.1. The quantitative estimate of drug-likeness (QED) is 0.843. The number of anilines is 1. The molecule has 2 rings (SSSR count). The van der Waals surface area contributed by atoms with E-state index in [1.54, 1.807) is 6.92 Å². The van der Waals surface area contributed by atoms with Crippen molar-refractivity contribution in [3.63, 3.8) is 0 Å². The molecule has 1 aromatic carbocycles. The molecule has 0 aliphatic carbocycles. The average Bonchev–Trinajstić information content (AvgIpc) is 2.37. The summed E-state index contributed by atoms with van der Waals surface area (Å²) in [5.74, 6) is -3.50. The van der Waals surface area contributed by atoms with E-state index in [0.717, 1.165) is 6.20 Å². The molecule has 106 valence electrons. The van der Waals surface area contributed by atoms with Gasteiger partial charge in [-0.15, -0.1) is 0 Å². The Kier molecular flexibility index (Phi) is 3.44. The van der Waals surface area contributed by atoms with Crippen LogP contribution in [0.3, 0.4) is 0 Å². The van der Waals surface area contributed by atoms with Crippen LogP contribution in [0.2, 0.25) is 0 Å². The predicted octanol–water partition coefficient (Wildman–Crippen LogP) is 1.97. The minimum absolute atomic E-state index is 0.180. The van der Waals surface area contributed by atoms with Crippen LogP contribution in [-0.2, 0) is 6.54 Å². The molecule has 0 bridgehead atoms. The zero-order valence-electron chi connectivity index (χ0n) is 10.6. The SMILES string of the molecule is CCCn1cc(C(=O)O)c(=O)c2c(N)c(F)cc(F)c21. The lowest BCUT2D eigenvalue weighted by Crippen LogP contribution is -2.21. The van der Waals surface area contributed by atoms with Gasteiger partial charge in [-0.1, -0.05) is 6.92 Å². The third kappa shape index (κ3) is 2.01. The maximum absolute atomic E-state index is 13.9. The number of pyridine rings is 1. The monoisotopic (exact) mass is 282 g/mol. The van der Waals surface area contributed by atoms with E-state index in [-0.39, 0.29) is 12.1 Å². The van der Waals surface area contributed by atoms with Gasteiger partial charge >= 0.3 is 5.97 Å². The lowest BCUT2D eigenvalue weighted by atomic mass is 10.1. The molecule has 5 nitrogen and oxygen atoms in total. The number of hydrogen-bond donors (Lipinski definition) is 2. The Morgan fingerprint density at radius 3 is 2.60 bits per heavy atom. The van der Waals surface area contributed by atoms with Crippen LogP contribution >= 0.6 is 0 Å². The summed E-state index contributed by atoms with van der Waals surface area (Å²) in [7, 11) is 0.